The second kappa shape index (κ2) is 10.6. The maximum atomic E-state index is 12.9. The molecular formula is C20H21Cl3N2O3. The second-order valence-corrected chi connectivity index (χ2v) is 7.29. The fraction of sp³-hybridized carbons (Fsp3) is 0.300. The average molecular weight is 444 g/mol. The first-order valence-corrected chi connectivity index (χ1v) is 9.85. The van der Waals surface area contributed by atoms with Crippen molar-refractivity contribution in [2.45, 2.75) is 26.4 Å². The molecule has 2 aromatic rings. The van der Waals surface area contributed by atoms with Gasteiger partial charge in [0.25, 0.3) is 5.91 Å². The highest BCUT2D eigenvalue weighted by molar-refractivity contribution is 6.36. The van der Waals surface area contributed by atoms with Gasteiger partial charge < -0.3 is 15.0 Å². The van der Waals surface area contributed by atoms with E-state index >= 15 is 0 Å². The molecule has 0 bridgehead atoms. The van der Waals surface area contributed by atoms with Crippen LogP contribution in [0, 0.1) is 0 Å². The molecular weight excluding hydrogens is 423 g/mol. The minimum atomic E-state index is -0.728. The Morgan fingerprint density at radius 1 is 1.07 bits per heavy atom. The van der Waals surface area contributed by atoms with Crippen LogP contribution in [0.3, 0.4) is 0 Å². The SMILES string of the molecule is CCNC(=O)C(C)N(Cc1c(Cl)cccc1Cl)C(=O)COc1ccc(Cl)cc1. The average Bonchev–Trinajstić information content (AvgIpc) is 2.67. The third-order valence-electron chi connectivity index (χ3n) is 4.08. The lowest BCUT2D eigenvalue weighted by molar-refractivity contribution is -0.142. The van der Waals surface area contributed by atoms with Crippen LogP contribution in [0.5, 0.6) is 5.75 Å². The van der Waals surface area contributed by atoms with Gasteiger partial charge in [0.1, 0.15) is 11.8 Å². The van der Waals surface area contributed by atoms with Crippen LogP contribution < -0.4 is 10.1 Å². The monoisotopic (exact) mass is 442 g/mol. The molecule has 2 amide bonds. The van der Waals surface area contributed by atoms with E-state index in [1.807, 2.05) is 6.92 Å². The van der Waals surface area contributed by atoms with Crippen LogP contribution in [0.15, 0.2) is 42.5 Å². The lowest BCUT2D eigenvalue weighted by Crippen LogP contribution is -2.49. The fourth-order valence-electron chi connectivity index (χ4n) is 2.52. The summed E-state index contributed by atoms with van der Waals surface area (Å²) < 4.78 is 5.54. The van der Waals surface area contributed by atoms with Gasteiger partial charge in [0, 0.05) is 33.7 Å². The number of nitrogens with zero attached hydrogens (tertiary/aromatic N) is 1. The Hall–Kier alpha value is -1.95. The van der Waals surface area contributed by atoms with E-state index in [1.165, 1.54) is 4.90 Å². The molecule has 0 aliphatic carbocycles. The topological polar surface area (TPSA) is 58.6 Å². The molecule has 0 aromatic heterocycles. The first kappa shape index (κ1) is 22.3. The van der Waals surface area contributed by atoms with E-state index in [0.29, 0.717) is 32.9 Å². The van der Waals surface area contributed by atoms with Gasteiger partial charge in [0.2, 0.25) is 5.91 Å². The number of benzene rings is 2. The van der Waals surface area contributed by atoms with Crippen LogP contribution >= 0.6 is 34.8 Å². The van der Waals surface area contributed by atoms with Gasteiger partial charge in [0.05, 0.1) is 0 Å². The minimum Gasteiger partial charge on any atom is -0.484 e. The number of nitrogens with one attached hydrogen (secondary N) is 1. The Balaban J connectivity index is 2.20. The van der Waals surface area contributed by atoms with Crippen molar-refractivity contribution in [3.05, 3.63) is 63.1 Å². The first-order chi connectivity index (χ1) is 13.3. The number of ether oxygens (including phenoxy) is 1. The molecule has 0 aliphatic rings. The summed E-state index contributed by atoms with van der Waals surface area (Å²) in [5, 5.41) is 4.14. The normalized spacial score (nSPS) is 11.6. The van der Waals surface area contributed by atoms with Crippen molar-refractivity contribution in [1.29, 1.82) is 0 Å². The molecule has 0 saturated heterocycles. The lowest BCUT2D eigenvalue weighted by atomic mass is 10.1. The molecule has 0 aliphatic heterocycles. The maximum Gasteiger partial charge on any atom is 0.261 e. The Morgan fingerprint density at radius 2 is 1.68 bits per heavy atom. The van der Waals surface area contributed by atoms with Gasteiger partial charge in [0.15, 0.2) is 6.61 Å². The molecule has 0 saturated carbocycles. The lowest BCUT2D eigenvalue weighted by Gasteiger charge is -2.29. The van der Waals surface area contributed by atoms with Crippen LogP contribution in [-0.4, -0.2) is 35.9 Å². The quantitative estimate of drug-likeness (QED) is 0.650. The summed E-state index contributed by atoms with van der Waals surface area (Å²) in [7, 11) is 0. The van der Waals surface area contributed by atoms with E-state index in [0.717, 1.165) is 0 Å². The van der Waals surface area contributed by atoms with Gasteiger partial charge in [-0.05, 0) is 50.2 Å². The van der Waals surface area contributed by atoms with Gasteiger partial charge in [-0.15, -0.1) is 0 Å². The number of amides is 2. The highest BCUT2D eigenvalue weighted by Crippen LogP contribution is 2.26. The van der Waals surface area contributed by atoms with Crippen molar-refractivity contribution < 1.29 is 14.3 Å². The zero-order valence-electron chi connectivity index (χ0n) is 15.5. The van der Waals surface area contributed by atoms with Crippen LogP contribution in [0.4, 0.5) is 0 Å². The molecule has 2 aromatic carbocycles. The van der Waals surface area contributed by atoms with E-state index in [-0.39, 0.29) is 25.0 Å². The summed E-state index contributed by atoms with van der Waals surface area (Å²) in [5.41, 5.74) is 0.571. The summed E-state index contributed by atoms with van der Waals surface area (Å²) in [6.07, 6.45) is 0. The molecule has 150 valence electrons. The molecule has 2 rings (SSSR count). The highest BCUT2D eigenvalue weighted by Gasteiger charge is 2.27. The third kappa shape index (κ3) is 6.03. The van der Waals surface area contributed by atoms with Crippen LogP contribution in [-0.2, 0) is 16.1 Å². The van der Waals surface area contributed by atoms with E-state index in [9.17, 15) is 9.59 Å². The molecule has 0 heterocycles. The number of halogens is 3. The third-order valence-corrected chi connectivity index (χ3v) is 5.04. The minimum absolute atomic E-state index is 0.0830. The van der Waals surface area contributed by atoms with Crippen molar-refractivity contribution in [3.63, 3.8) is 0 Å². The number of rotatable bonds is 8. The number of hydrogen-bond donors (Lipinski definition) is 1. The van der Waals surface area contributed by atoms with Crippen molar-refractivity contribution in [3.8, 4) is 5.75 Å². The summed E-state index contributed by atoms with van der Waals surface area (Å²) in [6, 6.07) is 11.0. The number of hydrogen-bond acceptors (Lipinski definition) is 3. The van der Waals surface area contributed by atoms with Crippen molar-refractivity contribution in [2.75, 3.05) is 13.2 Å². The number of likely N-dealkylation sites (N-methyl/N-ethyl adjacent to an activating group) is 1. The standard InChI is InChI=1S/C20H21Cl3N2O3/c1-3-24-20(27)13(2)25(11-16-17(22)5-4-6-18(16)23)19(26)12-28-15-9-7-14(21)8-10-15/h4-10,13H,3,11-12H2,1-2H3,(H,24,27). The van der Waals surface area contributed by atoms with E-state index in [4.69, 9.17) is 39.5 Å². The zero-order valence-corrected chi connectivity index (χ0v) is 17.8. The van der Waals surface area contributed by atoms with Gasteiger partial charge in [-0.2, -0.15) is 0 Å². The smallest absolute Gasteiger partial charge is 0.261 e. The summed E-state index contributed by atoms with van der Waals surface area (Å²) in [6.45, 7) is 3.76. The van der Waals surface area contributed by atoms with Crippen LogP contribution in [0.2, 0.25) is 15.1 Å². The van der Waals surface area contributed by atoms with Gasteiger partial charge in [-0.25, -0.2) is 0 Å². The summed E-state index contributed by atoms with van der Waals surface area (Å²) >= 11 is 18.3. The Bertz CT molecular complexity index is 808. The van der Waals surface area contributed by atoms with Gasteiger partial charge >= 0.3 is 0 Å². The van der Waals surface area contributed by atoms with Crippen molar-refractivity contribution in [2.24, 2.45) is 0 Å². The van der Waals surface area contributed by atoms with Crippen LogP contribution in [0.1, 0.15) is 19.4 Å². The molecule has 1 atom stereocenters. The zero-order chi connectivity index (χ0) is 20.7. The Kier molecular flexibility index (Phi) is 8.42. The molecule has 1 unspecified atom stereocenters. The van der Waals surface area contributed by atoms with Gasteiger partial charge in [-0.3, -0.25) is 9.59 Å². The van der Waals surface area contributed by atoms with E-state index in [2.05, 4.69) is 5.32 Å². The molecule has 0 spiro atoms. The number of carbonyl (C=O) groups excluding carboxylic acids is 2. The highest BCUT2D eigenvalue weighted by atomic mass is 35.5. The molecule has 1 N–H and O–H groups in total. The largest absolute Gasteiger partial charge is 0.484 e. The summed E-state index contributed by atoms with van der Waals surface area (Å²) in [4.78, 5) is 26.6. The predicted octanol–water partition coefficient (Wildman–Crippen LogP) is 4.58. The van der Waals surface area contributed by atoms with Crippen LogP contribution in [0.25, 0.3) is 0 Å². The fourth-order valence-corrected chi connectivity index (χ4v) is 3.16. The Morgan fingerprint density at radius 3 is 2.25 bits per heavy atom. The molecule has 28 heavy (non-hydrogen) atoms. The van der Waals surface area contributed by atoms with Gasteiger partial charge in [-0.1, -0.05) is 40.9 Å². The predicted molar refractivity (Wildman–Crippen MR) is 112 cm³/mol. The van der Waals surface area contributed by atoms with E-state index in [1.54, 1.807) is 49.4 Å². The first-order valence-electron chi connectivity index (χ1n) is 8.72. The second-order valence-electron chi connectivity index (χ2n) is 6.04. The molecule has 0 fully saturated rings. The molecule has 0 radical (unpaired) electrons. The summed E-state index contributed by atoms with van der Waals surface area (Å²) in [5.74, 6) is -0.144. The molecule has 5 nitrogen and oxygen atoms in total. The Labute approximate surface area is 179 Å². The number of carbonyl (C=O) groups is 2. The van der Waals surface area contributed by atoms with Crippen molar-refractivity contribution >= 4 is 46.6 Å². The maximum absolute atomic E-state index is 12.9. The molecule has 8 heteroatoms. The van der Waals surface area contributed by atoms with E-state index < -0.39 is 6.04 Å². The van der Waals surface area contributed by atoms with Crippen molar-refractivity contribution in [1.82, 2.24) is 10.2 Å².